The number of hydrogen-bond donors (Lipinski definition) is 0. The molecule has 0 saturated heterocycles. The first-order chi connectivity index (χ1) is 14.6. The Morgan fingerprint density at radius 1 is 1.17 bits per heavy atom. The first kappa shape index (κ1) is 18.0. The molecule has 0 amide bonds. The Morgan fingerprint density at radius 2 is 2.00 bits per heavy atom. The fourth-order valence-electron chi connectivity index (χ4n) is 4.72. The lowest BCUT2D eigenvalue weighted by Gasteiger charge is -2.37. The number of benzene rings is 2. The van der Waals surface area contributed by atoms with E-state index in [1.54, 1.807) is 22.5 Å². The van der Waals surface area contributed by atoms with Crippen molar-refractivity contribution in [2.45, 2.75) is 23.3 Å². The standard InChI is InChI=1S/C24H17ClN2O2S/c1-24-18(17-12-14(25)9-10-19(17)29-24)13-30-21-16-8-5-11-26-22(16)27(23(28)20(21)24)15-6-3-2-4-7-15/h2-12,18H,13H2,1H3/t18-,24+/m1/s1. The summed E-state index contributed by atoms with van der Waals surface area (Å²) in [6.07, 6.45) is 1.73. The number of fused-ring (bicyclic) bond motifs is 7. The smallest absolute Gasteiger partial charge is 0.265 e. The van der Waals surface area contributed by atoms with Crippen molar-refractivity contribution in [3.8, 4) is 11.4 Å². The lowest BCUT2D eigenvalue weighted by Crippen LogP contribution is -2.43. The average molecular weight is 433 g/mol. The fourth-order valence-corrected chi connectivity index (χ4v) is 6.48. The van der Waals surface area contributed by atoms with Crippen LogP contribution in [0.5, 0.6) is 5.75 Å². The zero-order valence-electron chi connectivity index (χ0n) is 16.1. The maximum Gasteiger partial charge on any atom is 0.265 e. The maximum absolute atomic E-state index is 14.0. The molecule has 0 saturated carbocycles. The molecule has 30 heavy (non-hydrogen) atoms. The molecule has 0 unspecified atom stereocenters. The van der Waals surface area contributed by atoms with Crippen LogP contribution in [0.3, 0.4) is 0 Å². The van der Waals surface area contributed by atoms with Gasteiger partial charge in [0.25, 0.3) is 5.56 Å². The fraction of sp³-hybridized carbons (Fsp3) is 0.167. The molecule has 4 aromatic rings. The van der Waals surface area contributed by atoms with E-state index in [9.17, 15) is 4.79 Å². The first-order valence-corrected chi connectivity index (χ1v) is 11.2. The molecule has 4 nitrogen and oxygen atoms in total. The highest BCUT2D eigenvalue weighted by molar-refractivity contribution is 7.99. The van der Waals surface area contributed by atoms with Gasteiger partial charge in [0.15, 0.2) is 0 Å². The second kappa shape index (κ2) is 6.37. The van der Waals surface area contributed by atoms with Crippen LogP contribution >= 0.6 is 23.4 Å². The molecular weight excluding hydrogens is 416 g/mol. The molecule has 0 radical (unpaired) electrons. The zero-order chi connectivity index (χ0) is 20.5. The molecule has 0 N–H and O–H groups in total. The molecule has 0 bridgehead atoms. The molecule has 2 aromatic heterocycles. The molecular formula is C24H17ClN2O2S. The number of hydrogen-bond acceptors (Lipinski definition) is 4. The van der Waals surface area contributed by atoms with E-state index in [0.717, 1.165) is 33.0 Å². The van der Waals surface area contributed by atoms with Gasteiger partial charge in [-0.2, -0.15) is 0 Å². The monoisotopic (exact) mass is 432 g/mol. The quantitative estimate of drug-likeness (QED) is 0.396. The third-order valence-corrected chi connectivity index (χ3v) is 7.57. The number of nitrogens with zero attached hydrogens (tertiary/aromatic N) is 2. The normalized spacial score (nSPS) is 21.6. The van der Waals surface area contributed by atoms with Crippen LogP contribution in [-0.2, 0) is 5.60 Å². The third-order valence-electron chi connectivity index (χ3n) is 6.13. The Balaban J connectivity index is 1.70. The topological polar surface area (TPSA) is 44.1 Å². The van der Waals surface area contributed by atoms with Crippen LogP contribution in [0.15, 0.2) is 76.6 Å². The predicted octanol–water partition coefficient (Wildman–Crippen LogP) is 5.54. The Labute approximate surface area is 182 Å². The molecule has 2 aliphatic heterocycles. The summed E-state index contributed by atoms with van der Waals surface area (Å²) < 4.78 is 8.20. The molecule has 148 valence electrons. The van der Waals surface area contributed by atoms with Gasteiger partial charge in [0.2, 0.25) is 0 Å². The highest BCUT2D eigenvalue weighted by Gasteiger charge is 2.52. The summed E-state index contributed by atoms with van der Waals surface area (Å²) in [7, 11) is 0. The van der Waals surface area contributed by atoms with Crippen molar-refractivity contribution >= 4 is 34.4 Å². The van der Waals surface area contributed by atoms with Gasteiger partial charge in [-0.25, -0.2) is 4.98 Å². The summed E-state index contributed by atoms with van der Waals surface area (Å²) in [6, 6.07) is 19.3. The number of halogens is 1. The minimum Gasteiger partial charge on any atom is -0.482 e. The van der Waals surface area contributed by atoms with Crippen molar-refractivity contribution in [3.63, 3.8) is 0 Å². The minimum atomic E-state index is -0.759. The van der Waals surface area contributed by atoms with E-state index in [1.165, 1.54) is 0 Å². The second-order valence-electron chi connectivity index (χ2n) is 7.81. The van der Waals surface area contributed by atoms with Crippen LogP contribution in [0.25, 0.3) is 16.7 Å². The third kappa shape index (κ3) is 2.36. The molecule has 0 fully saturated rings. The van der Waals surface area contributed by atoms with Gasteiger partial charge in [-0.05, 0) is 49.4 Å². The van der Waals surface area contributed by atoms with Crippen LogP contribution in [0.1, 0.15) is 24.0 Å². The summed E-state index contributed by atoms with van der Waals surface area (Å²) in [5.74, 6) is 1.67. The highest BCUT2D eigenvalue weighted by atomic mass is 35.5. The Morgan fingerprint density at radius 3 is 2.83 bits per heavy atom. The largest absolute Gasteiger partial charge is 0.482 e. The van der Waals surface area contributed by atoms with E-state index in [1.807, 2.05) is 67.6 Å². The van der Waals surface area contributed by atoms with Gasteiger partial charge in [-0.1, -0.05) is 29.8 Å². The van der Waals surface area contributed by atoms with Crippen molar-refractivity contribution < 1.29 is 4.74 Å². The van der Waals surface area contributed by atoms with Crippen LogP contribution in [0, 0.1) is 0 Å². The number of ether oxygens (including phenoxy) is 1. The molecule has 0 aliphatic carbocycles. The van der Waals surface area contributed by atoms with Gasteiger partial charge in [-0.3, -0.25) is 9.36 Å². The molecule has 2 aromatic carbocycles. The summed E-state index contributed by atoms with van der Waals surface area (Å²) in [4.78, 5) is 19.5. The number of pyridine rings is 2. The summed E-state index contributed by atoms with van der Waals surface area (Å²) in [5, 5.41) is 1.65. The highest BCUT2D eigenvalue weighted by Crippen LogP contribution is 2.57. The van der Waals surface area contributed by atoms with E-state index in [-0.39, 0.29) is 11.5 Å². The van der Waals surface area contributed by atoms with E-state index < -0.39 is 5.60 Å². The van der Waals surface area contributed by atoms with Gasteiger partial charge in [0, 0.05) is 38.7 Å². The van der Waals surface area contributed by atoms with Crippen LogP contribution < -0.4 is 10.3 Å². The lowest BCUT2D eigenvalue weighted by molar-refractivity contribution is 0.0872. The summed E-state index contributed by atoms with van der Waals surface area (Å²) >= 11 is 7.98. The minimum absolute atomic E-state index is 0.0507. The summed E-state index contributed by atoms with van der Waals surface area (Å²) in [6.45, 7) is 2.03. The number of rotatable bonds is 1. The van der Waals surface area contributed by atoms with Gasteiger partial charge in [-0.15, -0.1) is 11.8 Å². The van der Waals surface area contributed by atoms with Crippen LogP contribution in [0.4, 0.5) is 0 Å². The first-order valence-electron chi connectivity index (χ1n) is 9.79. The molecule has 2 atom stereocenters. The van der Waals surface area contributed by atoms with Crippen molar-refractivity contribution in [2.75, 3.05) is 5.75 Å². The molecule has 0 spiro atoms. The number of para-hydroxylation sites is 1. The van der Waals surface area contributed by atoms with E-state index >= 15 is 0 Å². The number of aromatic nitrogens is 2. The van der Waals surface area contributed by atoms with Crippen molar-refractivity contribution in [1.82, 2.24) is 9.55 Å². The van der Waals surface area contributed by atoms with Gasteiger partial charge < -0.3 is 4.74 Å². The average Bonchev–Trinajstić information content (AvgIpc) is 3.05. The van der Waals surface area contributed by atoms with E-state index in [2.05, 4.69) is 4.98 Å². The van der Waals surface area contributed by atoms with Crippen molar-refractivity contribution in [3.05, 3.63) is 93.4 Å². The van der Waals surface area contributed by atoms with E-state index in [0.29, 0.717) is 16.2 Å². The predicted molar refractivity (Wildman–Crippen MR) is 120 cm³/mol. The van der Waals surface area contributed by atoms with Crippen LogP contribution in [0.2, 0.25) is 5.02 Å². The SMILES string of the molecule is C[C@]12Oc3ccc(Cl)cc3[C@H]1CSc1c2c(=O)n(-c2ccccc2)c2ncccc12. The Kier molecular flexibility index (Phi) is 3.83. The second-order valence-corrected chi connectivity index (χ2v) is 9.28. The van der Waals surface area contributed by atoms with Gasteiger partial charge in [0.1, 0.15) is 17.0 Å². The molecule has 6 heteroatoms. The zero-order valence-corrected chi connectivity index (χ0v) is 17.7. The lowest BCUT2D eigenvalue weighted by atomic mass is 9.81. The van der Waals surface area contributed by atoms with E-state index in [4.69, 9.17) is 16.3 Å². The Hall–Kier alpha value is -2.76. The Bertz CT molecular complexity index is 1390. The molecule has 4 heterocycles. The van der Waals surface area contributed by atoms with Crippen molar-refractivity contribution in [2.24, 2.45) is 0 Å². The summed E-state index contributed by atoms with van der Waals surface area (Å²) in [5.41, 5.74) is 2.39. The molecule has 6 rings (SSSR count). The van der Waals surface area contributed by atoms with Gasteiger partial charge >= 0.3 is 0 Å². The molecule has 2 aliphatic rings. The number of thioether (sulfide) groups is 1. The van der Waals surface area contributed by atoms with Gasteiger partial charge in [0.05, 0.1) is 11.3 Å². The van der Waals surface area contributed by atoms with Crippen molar-refractivity contribution in [1.29, 1.82) is 0 Å². The maximum atomic E-state index is 14.0. The van der Waals surface area contributed by atoms with Crippen LogP contribution in [-0.4, -0.2) is 15.3 Å².